The first-order valence-corrected chi connectivity index (χ1v) is 7.15. The van der Waals surface area contributed by atoms with Crippen LogP contribution in [0.4, 0.5) is 4.39 Å². The number of carbonyl (C=O) groups excluding carboxylic acids is 1. The summed E-state index contributed by atoms with van der Waals surface area (Å²) in [4.78, 5) is 11.8. The normalized spacial score (nSPS) is 10.7. The number of phenolic OH excluding ortho intramolecular Hbond substituents is 1. The number of nitrogens with one attached hydrogen (secondary N) is 1. The van der Waals surface area contributed by atoms with E-state index in [1.165, 1.54) is 30.5 Å². The summed E-state index contributed by atoms with van der Waals surface area (Å²) >= 11 is 0. The number of hydrogen-bond donors (Lipinski definition) is 2. The Labute approximate surface area is 133 Å². The maximum atomic E-state index is 13.4. The van der Waals surface area contributed by atoms with Crippen molar-refractivity contribution in [3.8, 4) is 11.5 Å². The maximum Gasteiger partial charge on any atom is 0.274 e. The molecule has 0 aliphatic rings. The molecule has 0 aliphatic heterocycles. The van der Waals surface area contributed by atoms with E-state index in [-0.39, 0.29) is 11.3 Å². The minimum Gasteiger partial charge on any atom is -0.507 e. The van der Waals surface area contributed by atoms with Crippen LogP contribution in [0.3, 0.4) is 0 Å². The Morgan fingerprint density at radius 3 is 2.83 bits per heavy atom. The molecule has 0 unspecified atom stereocenters. The predicted molar refractivity (Wildman–Crippen MR) is 85.4 cm³/mol. The van der Waals surface area contributed by atoms with Gasteiger partial charge < -0.3 is 9.84 Å². The molecule has 5 nitrogen and oxygen atoms in total. The van der Waals surface area contributed by atoms with Gasteiger partial charge in [0.2, 0.25) is 0 Å². The van der Waals surface area contributed by atoms with Crippen molar-refractivity contribution in [2.45, 2.75) is 13.3 Å². The first-order valence-electron chi connectivity index (χ1n) is 7.15. The van der Waals surface area contributed by atoms with Gasteiger partial charge in [0.15, 0.2) is 0 Å². The number of amides is 1. The van der Waals surface area contributed by atoms with E-state index in [0.717, 1.165) is 6.42 Å². The van der Waals surface area contributed by atoms with Gasteiger partial charge in [-0.2, -0.15) is 5.10 Å². The Morgan fingerprint density at radius 2 is 2.13 bits per heavy atom. The quantitative estimate of drug-likeness (QED) is 0.635. The average molecular weight is 316 g/mol. The summed E-state index contributed by atoms with van der Waals surface area (Å²) in [6, 6.07) is 10.4. The molecule has 2 rings (SSSR count). The zero-order valence-electron chi connectivity index (χ0n) is 12.6. The predicted octanol–water partition coefficient (Wildman–Crippen LogP) is 3.08. The SMILES string of the molecule is CCCOc1ccc(/C=N/NC(=O)c2ccccc2F)c(O)c1. The van der Waals surface area contributed by atoms with Crippen LogP contribution in [0, 0.1) is 5.82 Å². The lowest BCUT2D eigenvalue weighted by Crippen LogP contribution is -2.18. The van der Waals surface area contributed by atoms with E-state index in [4.69, 9.17) is 4.74 Å². The number of phenols is 1. The van der Waals surface area contributed by atoms with Gasteiger partial charge in [-0.15, -0.1) is 0 Å². The molecule has 2 N–H and O–H groups in total. The van der Waals surface area contributed by atoms with Gasteiger partial charge in [-0.1, -0.05) is 19.1 Å². The highest BCUT2D eigenvalue weighted by atomic mass is 19.1. The molecular weight excluding hydrogens is 299 g/mol. The molecule has 1 amide bonds. The lowest BCUT2D eigenvalue weighted by atomic mass is 10.2. The minimum atomic E-state index is -0.665. The molecule has 0 aliphatic carbocycles. The van der Waals surface area contributed by atoms with Gasteiger partial charge in [-0.05, 0) is 30.7 Å². The molecule has 0 fully saturated rings. The summed E-state index contributed by atoms with van der Waals surface area (Å²) in [5.74, 6) is -0.762. The van der Waals surface area contributed by atoms with E-state index in [2.05, 4.69) is 10.5 Å². The van der Waals surface area contributed by atoms with E-state index in [9.17, 15) is 14.3 Å². The Bertz CT molecular complexity index is 717. The second kappa shape index (κ2) is 7.93. The number of halogens is 1. The van der Waals surface area contributed by atoms with E-state index >= 15 is 0 Å². The van der Waals surface area contributed by atoms with Crippen molar-refractivity contribution in [2.24, 2.45) is 5.10 Å². The smallest absolute Gasteiger partial charge is 0.274 e. The van der Waals surface area contributed by atoms with Gasteiger partial charge in [-0.25, -0.2) is 9.82 Å². The molecule has 0 atom stereocenters. The van der Waals surface area contributed by atoms with Crippen LogP contribution in [-0.2, 0) is 0 Å². The summed E-state index contributed by atoms with van der Waals surface area (Å²) in [5, 5.41) is 13.6. The van der Waals surface area contributed by atoms with Crippen LogP contribution < -0.4 is 10.2 Å². The van der Waals surface area contributed by atoms with Crippen molar-refractivity contribution in [1.82, 2.24) is 5.43 Å². The number of ether oxygens (including phenoxy) is 1. The molecular formula is C17H17FN2O3. The fourth-order valence-electron chi connectivity index (χ4n) is 1.81. The van der Waals surface area contributed by atoms with Crippen molar-refractivity contribution >= 4 is 12.1 Å². The largest absolute Gasteiger partial charge is 0.507 e. The van der Waals surface area contributed by atoms with Crippen LogP contribution >= 0.6 is 0 Å². The van der Waals surface area contributed by atoms with E-state index in [0.29, 0.717) is 17.9 Å². The van der Waals surface area contributed by atoms with E-state index in [1.54, 1.807) is 18.2 Å². The van der Waals surface area contributed by atoms with Crippen molar-refractivity contribution in [3.63, 3.8) is 0 Å². The van der Waals surface area contributed by atoms with Crippen molar-refractivity contribution in [2.75, 3.05) is 6.61 Å². The first-order chi connectivity index (χ1) is 11.1. The highest BCUT2D eigenvalue weighted by Gasteiger charge is 2.09. The fourth-order valence-corrected chi connectivity index (χ4v) is 1.81. The minimum absolute atomic E-state index is 0.0255. The Morgan fingerprint density at radius 1 is 1.35 bits per heavy atom. The molecule has 120 valence electrons. The lowest BCUT2D eigenvalue weighted by molar-refractivity contribution is 0.0951. The number of aromatic hydroxyl groups is 1. The van der Waals surface area contributed by atoms with Crippen molar-refractivity contribution in [3.05, 3.63) is 59.4 Å². The second-order valence-electron chi connectivity index (χ2n) is 4.75. The number of carbonyl (C=O) groups is 1. The van der Waals surface area contributed by atoms with Gasteiger partial charge in [0.25, 0.3) is 5.91 Å². The third-order valence-electron chi connectivity index (χ3n) is 2.96. The van der Waals surface area contributed by atoms with Crippen LogP contribution in [0.25, 0.3) is 0 Å². The standard InChI is InChI=1S/C17H17FN2O3/c1-2-9-23-13-8-7-12(16(21)10-13)11-19-20-17(22)14-5-3-4-6-15(14)18/h3-8,10-11,21H,2,9H2,1H3,(H,20,22)/b19-11+. The van der Waals surface area contributed by atoms with Crippen molar-refractivity contribution < 1.29 is 19.0 Å². The van der Waals surface area contributed by atoms with Crippen LogP contribution in [0.1, 0.15) is 29.3 Å². The molecule has 0 radical (unpaired) electrons. The Balaban J connectivity index is 2.00. The number of hydrogen-bond acceptors (Lipinski definition) is 4. The summed E-state index contributed by atoms with van der Waals surface area (Å²) in [6.45, 7) is 2.55. The molecule has 0 bridgehead atoms. The Kier molecular flexibility index (Phi) is 5.68. The third kappa shape index (κ3) is 4.54. The molecule has 0 saturated carbocycles. The van der Waals surface area contributed by atoms with Gasteiger partial charge in [0.1, 0.15) is 17.3 Å². The van der Waals surface area contributed by atoms with Gasteiger partial charge >= 0.3 is 0 Å². The zero-order chi connectivity index (χ0) is 16.7. The summed E-state index contributed by atoms with van der Waals surface area (Å²) in [5.41, 5.74) is 2.52. The van der Waals surface area contributed by atoms with Gasteiger partial charge in [0, 0.05) is 11.6 Å². The van der Waals surface area contributed by atoms with Crippen molar-refractivity contribution in [1.29, 1.82) is 0 Å². The van der Waals surface area contributed by atoms with Crippen LogP contribution in [0.5, 0.6) is 11.5 Å². The topological polar surface area (TPSA) is 70.9 Å². The zero-order valence-corrected chi connectivity index (χ0v) is 12.6. The molecule has 2 aromatic carbocycles. The van der Waals surface area contributed by atoms with Gasteiger partial charge in [0.05, 0.1) is 18.4 Å². The molecule has 0 aromatic heterocycles. The van der Waals surface area contributed by atoms with Gasteiger partial charge in [-0.3, -0.25) is 4.79 Å². The maximum absolute atomic E-state index is 13.4. The average Bonchev–Trinajstić information content (AvgIpc) is 2.55. The highest BCUT2D eigenvalue weighted by molar-refractivity contribution is 5.95. The molecule has 0 heterocycles. The van der Waals surface area contributed by atoms with E-state index < -0.39 is 11.7 Å². The van der Waals surface area contributed by atoms with Crippen LogP contribution in [-0.4, -0.2) is 23.8 Å². The number of nitrogens with zero attached hydrogens (tertiary/aromatic N) is 1. The Hall–Kier alpha value is -2.89. The molecule has 6 heteroatoms. The van der Waals surface area contributed by atoms with Crippen LogP contribution in [0.15, 0.2) is 47.6 Å². The van der Waals surface area contributed by atoms with Crippen LogP contribution in [0.2, 0.25) is 0 Å². The number of benzene rings is 2. The summed E-state index contributed by atoms with van der Waals surface area (Å²) in [6.07, 6.45) is 2.14. The summed E-state index contributed by atoms with van der Waals surface area (Å²) < 4.78 is 18.8. The molecule has 23 heavy (non-hydrogen) atoms. The second-order valence-corrected chi connectivity index (χ2v) is 4.75. The van der Waals surface area contributed by atoms with E-state index in [1.807, 2.05) is 6.92 Å². The first kappa shape index (κ1) is 16.5. The summed E-state index contributed by atoms with van der Waals surface area (Å²) in [7, 11) is 0. The fraction of sp³-hybridized carbons (Fsp3) is 0.176. The highest BCUT2D eigenvalue weighted by Crippen LogP contribution is 2.22. The molecule has 0 saturated heterocycles. The third-order valence-corrected chi connectivity index (χ3v) is 2.96. The number of hydrazone groups is 1. The lowest BCUT2D eigenvalue weighted by Gasteiger charge is -2.06. The molecule has 0 spiro atoms. The number of rotatable bonds is 6. The molecule has 2 aromatic rings. The monoisotopic (exact) mass is 316 g/mol.